The number of hydrogen-bond donors (Lipinski definition) is 0. The van der Waals surface area contributed by atoms with Crippen LogP contribution in [0.25, 0.3) is 0 Å². The predicted molar refractivity (Wildman–Crippen MR) is 97.0 cm³/mol. The van der Waals surface area contributed by atoms with Crippen LogP contribution in [0.1, 0.15) is 29.5 Å². The number of pyridine rings is 1. The first-order valence-corrected chi connectivity index (χ1v) is 8.20. The second-order valence-corrected chi connectivity index (χ2v) is 5.62. The second-order valence-electron chi connectivity index (χ2n) is 5.62. The molecule has 3 aromatic rings. The summed E-state index contributed by atoms with van der Waals surface area (Å²) in [5, 5.41) is 0. The molecule has 0 radical (unpaired) electrons. The van der Waals surface area contributed by atoms with E-state index in [-0.39, 0.29) is 12.5 Å². The van der Waals surface area contributed by atoms with E-state index in [2.05, 4.69) is 0 Å². The van der Waals surface area contributed by atoms with Crippen LogP contribution in [0.2, 0.25) is 0 Å². The topological polar surface area (TPSA) is 48.3 Å². The highest BCUT2D eigenvalue weighted by Gasteiger charge is 2.19. The average molecular weight is 333 g/mol. The Bertz CT molecular complexity index is 862. The Morgan fingerprint density at radius 2 is 1.44 bits per heavy atom. The third-order valence-electron chi connectivity index (χ3n) is 4.00. The highest BCUT2D eigenvalue weighted by atomic mass is 16.5. The molecule has 0 spiro atoms. The van der Waals surface area contributed by atoms with Crippen LogP contribution in [0, 0.1) is 0 Å². The molecule has 0 atom stereocenters. The van der Waals surface area contributed by atoms with Crippen LogP contribution in [0.15, 0.2) is 83.8 Å². The molecule has 0 aliphatic heterocycles. The summed E-state index contributed by atoms with van der Waals surface area (Å²) >= 11 is 0. The van der Waals surface area contributed by atoms with Crippen LogP contribution in [0.4, 0.5) is 4.79 Å². The number of carbonyl (C=O) groups excluding carboxylic acids is 1. The summed E-state index contributed by atoms with van der Waals surface area (Å²) in [5.41, 5.74) is 2.62. The quantitative estimate of drug-likeness (QED) is 0.724. The Kier molecular flexibility index (Phi) is 5.09. The fourth-order valence-electron chi connectivity index (χ4n) is 2.88. The van der Waals surface area contributed by atoms with Crippen LogP contribution < -0.4 is 5.56 Å². The molecule has 0 amide bonds. The first-order chi connectivity index (χ1) is 12.2. The van der Waals surface area contributed by atoms with Gasteiger partial charge in [0.2, 0.25) is 0 Å². The lowest BCUT2D eigenvalue weighted by Crippen LogP contribution is -2.27. The molecule has 1 aromatic heterocycles. The minimum Gasteiger partial charge on any atom is -0.449 e. The first-order valence-electron chi connectivity index (χ1n) is 8.20. The van der Waals surface area contributed by atoms with Gasteiger partial charge in [-0.1, -0.05) is 66.7 Å². The van der Waals surface area contributed by atoms with Gasteiger partial charge in [0, 0.05) is 18.2 Å². The van der Waals surface area contributed by atoms with Crippen molar-refractivity contribution < 1.29 is 9.53 Å². The van der Waals surface area contributed by atoms with Crippen LogP contribution in [-0.2, 0) is 4.74 Å². The first kappa shape index (κ1) is 16.7. The molecule has 2 aromatic carbocycles. The number of hydrogen-bond acceptors (Lipinski definition) is 3. The lowest BCUT2D eigenvalue weighted by Gasteiger charge is -2.19. The summed E-state index contributed by atoms with van der Waals surface area (Å²) in [6.45, 7) is 1.93. The lowest BCUT2D eigenvalue weighted by atomic mass is 9.86. The number of nitrogens with zero attached hydrogens (tertiary/aromatic N) is 1. The normalized spacial score (nSPS) is 10.6. The van der Waals surface area contributed by atoms with Gasteiger partial charge < -0.3 is 4.74 Å². The molecule has 1 heterocycles. The largest absolute Gasteiger partial charge is 0.449 e. The van der Waals surface area contributed by atoms with E-state index in [1.807, 2.05) is 60.7 Å². The Morgan fingerprint density at radius 1 is 0.880 bits per heavy atom. The van der Waals surface area contributed by atoms with E-state index in [1.165, 1.54) is 6.07 Å². The summed E-state index contributed by atoms with van der Waals surface area (Å²) < 4.78 is 6.00. The highest BCUT2D eigenvalue weighted by molar-refractivity contribution is 5.70. The molecule has 0 aliphatic carbocycles. The van der Waals surface area contributed by atoms with Gasteiger partial charge in [-0.15, -0.1) is 0 Å². The van der Waals surface area contributed by atoms with Gasteiger partial charge in [-0.05, 0) is 23.6 Å². The summed E-state index contributed by atoms with van der Waals surface area (Å²) in [5.74, 6) is -0.0799. The SMILES string of the molecule is CCOC(=O)n1cc(C(c2ccccc2)c2ccccc2)ccc1=O. The Labute approximate surface area is 146 Å². The van der Waals surface area contributed by atoms with Crippen molar-refractivity contribution in [3.63, 3.8) is 0 Å². The zero-order valence-electron chi connectivity index (χ0n) is 14.0. The van der Waals surface area contributed by atoms with E-state index in [9.17, 15) is 9.59 Å². The zero-order valence-corrected chi connectivity index (χ0v) is 14.0. The molecule has 4 heteroatoms. The fourth-order valence-corrected chi connectivity index (χ4v) is 2.88. The standard InChI is InChI=1S/C21H19NO3/c1-2-25-21(24)22-15-18(13-14-19(22)23)20(16-9-5-3-6-10-16)17-11-7-4-8-12-17/h3-15,20H,2H2,1H3. The summed E-state index contributed by atoms with van der Waals surface area (Å²) in [6, 6.07) is 23.2. The molecule has 0 unspecified atom stereocenters. The van der Waals surface area contributed by atoms with Crippen molar-refractivity contribution in [1.82, 2.24) is 4.57 Å². The van der Waals surface area contributed by atoms with Gasteiger partial charge in [-0.3, -0.25) is 4.79 Å². The fraction of sp³-hybridized carbons (Fsp3) is 0.143. The lowest BCUT2D eigenvalue weighted by molar-refractivity contribution is 0.153. The maximum Gasteiger partial charge on any atom is 0.420 e. The van der Waals surface area contributed by atoms with Gasteiger partial charge in [0.25, 0.3) is 5.56 Å². The van der Waals surface area contributed by atoms with E-state index in [4.69, 9.17) is 4.74 Å². The van der Waals surface area contributed by atoms with Crippen molar-refractivity contribution in [3.8, 4) is 0 Å². The Balaban J connectivity index is 2.13. The maximum absolute atomic E-state index is 12.1. The number of ether oxygens (including phenoxy) is 1. The Hall–Kier alpha value is -3.14. The number of aromatic nitrogens is 1. The van der Waals surface area contributed by atoms with E-state index >= 15 is 0 Å². The minimum absolute atomic E-state index is 0.0799. The molecule has 0 saturated heterocycles. The minimum atomic E-state index is -0.658. The third kappa shape index (κ3) is 3.69. The van der Waals surface area contributed by atoms with Gasteiger partial charge in [0.05, 0.1) is 6.61 Å². The van der Waals surface area contributed by atoms with Crippen molar-refractivity contribution in [1.29, 1.82) is 0 Å². The van der Waals surface area contributed by atoms with E-state index in [0.29, 0.717) is 0 Å². The second kappa shape index (κ2) is 7.62. The van der Waals surface area contributed by atoms with E-state index < -0.39 is 11.7 Å². The summed E-state index contributed by atoms with van der Waals surface area (Å²) in [6.07, 6.45) is 0.916. The van der Waals surface area contributed by atoms with Crippen molar-refractivity contribution >= 4 is 6.09 Å². The number of benzene rings is 2. The zero-order chi connectivity index (χ0) is 17.6. The number of carbonyl (C=O) groups is 1. The molecular formula is C21H19NO3. The predicted octanol–water partition coefficient (Wildman–Crippen LogP) is 4.03. The molecule has 0 fully saturated rings. The molecule has 4 nitrogen and oxygen atoms in total. The number of rotatable bonds is 4. The molecule has 0 N–H and O–H groups in total. The van der Waals surface area contributed by atoms with Crippen molar-refractivity contribution in [3.05, 3.63) is 106 Å². The smallest absolute Gasteiger partial charge is 0.420 e. The molecular weight excluding hydrogens is 314 g/mol. The van der Waals surface area contributed by atoms with Crippen LogP contribution in [0.3, 0.4) is 0 Å². The highest BCUT2D eigenvalue weighted by Crippen LogP contribution is 2.31. The van der Waals surface area contributed by atoms with Crippen molar-refractivity contribution in [2.75, 3.05) is 6.61 Å². The van der Waals surface area contributed by atoms with E-state index in [1.54, 1.807) is 19.2 Å². The van der Waals surface area contributed by atoms with E-state index in [0.717, 1.165) is 21.3 Å². The summed E-state index contributed by atoms with van der Waals surface area (Å²) in [7, 11) is 0. The monoisotopic (exact) mass is 333 g/mol. The molecule has 126 valence electrons. The van der Waals surface area contributed by atoms with Crippen LogP contribution in [0.5, 0.6) is 0 Å². The molecule has 3 rings (SSSR count). The average Bonchev–Trinajstić information content (AvgIpc) is 2.65. The maximum atomic E-state index is 12.1. The van der Waals surface area contributed by atoms with Gasteiger partial charge >= 0.3 is 6.09 Å². The van der Waals surface area contributed by atoms with Gasteiger partial charge in [-0.25, -0.2) is 9.36 Å². The van der Waals surface area contributed by atoms with Crippen LogP contribution in [-0.4, -0.2) is 17.3 Å². The third-order valence-corrected chi connectivity index (χ3v) is 4.00. The molecule has 0 aliphatic rings. The van der Waals surface area contributed by atoms with Gasteiger partial charge in [0.15, 0.2) is 0 Å². The molecule has 0 bridgehead atoms. The molecule has 25 heavy (non-hydrogen) atoms. The van der Waals surface area contributed by atoms with Crippen LogP contribution >= 0.6 is 0 Å². The summed E-state index contributed by atoms with van der Waals surface area (Å²) in [4.78, 5) is 24.1. The van der Waals surface area contributed by atoms with Gasteiger partial charge in [-0.2, -0.15) is 0 Å². The molecule has 0 saturated carbocycles. The Morgan fingerprint density at radius 3 is 1.96 bits per heavy atom. The van der Waals surface area contributed by atoms with Crippen molar-refractivity contribution in [2.24, 2.45) is 0 Å². The van der Waals surface area contributed by atoms with Gasteiger partial charge in [0.1, 0.15) is 0 Å². The van der Waals surface area contributed by atoms with Crippen molar-refractivity contribution in [2.45, 2.75) is 12.8 Å².